The van der Waals surface area contributed by atoms with Gasteiger partial charge < -0.3 is 19.2 Å². The van der Waals surface area contributed by atoms with E-state index in [-0.39, 0.29) is 5.82 Å². The van der Waals surface area contributed by atoms with E-state index >= 15 is 0 Å². The van der Waals surface area contributed by atoms with Gasteiger partial charge >= 0.3 is 0 Å². The Morgan fingerprint density at radius 1 is 1.22 bits per heavy atom. The first kappa shape index (κ1) is 24.1. The molecular formula is C25H26N5O5P. The number of benzene rings is 1. The van der Waals surface area contributed by atoms with E-state index in [1.807, 2.05) is 18.3 Å². The molecule has 1 saturated heterocycles. The molecule has 3 aromatic heterocycles. The Balaban J connectivity index is 1.28. The van der Waals surface area contributed by atoms with Crippen LogP contribution in [-0.2, 0) is 22.2 Å². The number of aromatic nitrogens is 3. The van der Waals surface area contributed by atoms with Crippen molar-refractivity contribution < 1.29 is 28.0 Å². The molecule has 0 amide bonds. The van der Waals surface area contributed by atoms with E-state index in [0.29, 0.717) is 29.5 Å². The van der Waals surface area contributed by atoms with Crippen LogP contribution in [0.3, 0.4) is 0 Å². The number of hydrogen-bond donors (Lipinski definition) is 2. The topological polar surface area (TPSA) is 142 Å². The van der Waals surface area contributed by atoms with Crippen LogP contribution in [-0.4, -0.2) is 21.6 Å². The fourth-order valence-electron chi connectivity index (χ4n) is 4.50. The lowest BCUT2D eigenvalue weighted by Gasteiger charge is -2.26. The summed E-state index contributed by atoms with van der Waals surface area (Å²) in [6.07, 6.45) is 6.17. The molecule has 4 aromatic rings. The van der Waals surface area contributed by atoms with Gasteiger partial charge in [0.15, 0.2) is 12.5 Å². The molecule has 11 heteroatoms. The normalized spacial score (nSPS) is 17.3. The molecule has 0 spiro atoms. The predicted octanol–water partition coefficient (Wildman–Crippen LogP) is 2.97. The summed E-state index contributed by atoms with van der Waals surface area (Å²) in [6, 6.07) is 20.1. The maximum absolute atomic E-state index is 10.9. The fourth-order valence-corrected chi connectivity index (χ4v) is 4.77. The van der Waals surface area contributed by atoms with E-state index in [1.54, 1.807) is 18.2 Å². The molecule has 2 atom stereocenters. The Labute approximate surface area is 208 Å². The van der Waals surface area contributed by atoms with Gasteiger partial charge in [0, 0.05) is 25.2 Å². The standard InChI is InChI=1S/C25H26N5O5P/c26-25-21(8-4-12-29(25)17-34-36(31,32)33)23-15-20(28-35-23)14-18-10-11-24(27-16-18)30-13-5-9-22(30)19-6-2-1-3-7-19/h1-4,6-8,10-12,15-16,22,26H,5,9,13-14,17H2,(H2,31,32,33). The highest BCUT2D eigenvalue weighted by molar-refractivity contribution is 7.44. The number of nitrogen functional groups attached to an aromatic ring is 1. The van der Waals surface area contributed by atoms with Crippen molar-refractivity contribution in [2.45, 2.75) is 32.0 Å². The SMILES string of the molecule is Nc1c(-c2cc(Cc3ccc(N4CCCC4c4ccccc4)nc3)no2)ccc[n+]1COP(=O)([O-])O. The number of phosphoric ester groups is 1. The number of rotatable bonds is 8. The monoisotopic (exact) mass is 507 g/mol. The first-order chi connectivity index (χ1) is 17.4. The van der Waals surface area contributed by atoms with E-state index < -0.39 is 14.6 Å². The van der Waals surface area contributed by atoms with Gasteiger partial charge in [-0.1, -0.05) is 41.6 Å². The average Bonchev–Trinajstić information content (AvgIpc) is 3.54. The van der Waals surface area contributed by atoms with Crippen LogP contribution in [0.1, 0.15) is 35.7 Å². The van der Waals surface area contributed by atoms with Gasteiger partial charge in [-0.15, -0.1) is 0 Å². The number of nitrogens with two attached hydrogens (primary N) is 1. The Morgan fingerprint density at radius 3 is 2.81 bits per heavy atom. The summed E-state index contributed by atoms with van der Waals surface area (Å²) in [5.41, 5.74) is 9.67. The third-order valence-corrected chi connectivity index (χ3v) is 6.67. The third kappa shape index (κ3) is 5.47. The molecule has 2 unspecified atom stereocenters. The lowest BCUT2D eigenvalue weighted by molar-refractivity contribution is -0.712. The van der Waals surface area contributed by atoms with Crippen molar-refractivity contribution in [1.29, 1.82) is 0 Å². The largest absolute Gasteiger partial charge is 0.756 e. The number of anilines is 2. The van der Waals surface area contributed by atoms with Crippen LogP contribution in [0.5, 0.6) is 0 Å². The van der Waals surface area contributed by atoms with Crippen LogP contribution < -0.4 is 20.1 Å². The lowest BCUT2D eigenvalue weighted by Crippen LogP contribution is -2.38. The molecule has 0 saturated carbocycles. The van der Waals surface area contributed by atoms with E-state index in [0.717, 1.165) is 30.8 Å². The minimum atomic E-state index is -4.87. The molecule has 0 bridgehead atoms. The Morgan fingerprint density at radius 2 is 2.06 bits per heavy atom. The zero-order chi connectivity index (χ0) is 25.1. The second-order valence-electron chi connectivity index (χ2n) is 8.65. The van der Waals surface area contributed by atoms with Crippen molar-refractivity contribution >= 4 is 19.5 Å². The second kappa shape index (κ2) is 10.2. The van der Waals surface area contributed by atoms with Crippen LogP contribution in [0.4, 0.5) is 11.6 Å². The van der Waals surface area contributed by atoms with Crippen molar-refractivity contribution in [3.63, 3.8) is 0 Å². The summed E-state index contributed by atoms with van der Waals surface area (Å²) in [4.78, 5) is 26.8. The number of pyridine rings is 2. The summed E-state index contributed by atoms with van der Waals surface area (Å²) in [6.45, 7) is 0.519. The maximum Gasteiger partial charge on any atom is 0.285 e. The third-order valence-electron chi connectivity index (χ3n) is 6.22. The van der Waals surface area contributed by atoms with Crippen LogP contribution in [0.2, 0.25) is 0 Å². The molecule has 4 heterocycles. The zero-order valence-corrected chi connectivity index (χ0v) is 20.3. The molecule has 3 N–H and O–H groups in total. The van der Waals surface area contributed by atoms with E-state index in [1.165, 1.54) is 16.3 Å². The molecule has 1 aromatic carbocycles. The van der Waals surface area contributed by atoms with Crippen LogP contribution >= 0.6 is 7.82 Å². The quantitative estimate of drug-likeness (QED) is 0.272. The number of hydrogen-bond acceptors (Lipinski definition) is 8. The Bertz CT molecular complexity index is 1370. The average molecular weight is 507 g/mol. The molecule has 10 nitrogen and oxygen atoms in total. The summed E-state index contributed by atoms with van der Waals surface area (Å²) < 4.78 is 22.2. The number of nitrogens with zero attached hydrogens (tertiary/aromatic N) is 4. The molecular weight excluding hydrogens is 481 g/mol. The minimum Gasteiger partial charge on any atom is -0.756 e. The highest BCUT2D eigenvalue weighted by Crippen LogP contribution is 2.35. The zero-order valence-electron chi connectivity index (χ0n) is 19.4. The highest BCUT2D eigenvalue weighted by Gasteiger charge is 2.27. The maximum atomic E-state index is 10.9. The van der Waals surface area contributed by atoms with Gasteiger partial charge in [-0.2, -0.15) is 0 Å². The smallest absolute Gasteiger partial charge is 0.285 e. The van der Waals surface area contributed by atoms with Gasteiger partial charge in [-0.25, -0.2) is 9.55 Å². The first-order valence-electron chi connectivity index (χ1n) is 11.6. The molecule has 1 fully saturated rings. The van der Waals surface area contributed by atoms with Gasteiger partial charge in [-0.3, -0.25) is 14.8 Å². The van der Waals surface area contributed by atoms with Crippen LogP contribution in [0.15, 0.2) is 77.6 Å². The van der Waals surface area contributed by atoms with Crippen LogP contribution in [0, 0.1) is 0 Å². The molecule has 36 heavy (non-hydrogen) atoms. The summed E-state index contributed by atoms with van der Waals surface area (Å²) in [7, 11) is -4.87. The summed E-state index contributed by atoms with van der Waals surface area (Å²) in [5.74, 6) is 1.59. The fraction of sp³-hybridized carbons (Fsp3) is 0.240. The van der Waals surface area contributed by atoms with E-state index in [4.69, 9.17) is 20.1 Å². The molecule has 1 aliphatic heterocycles. The summed E-state index contributed by atoms with van der Waals surface area (Å²) in [5, 5.41) is 4.15. The molecule has 186 valence electrons. The lowest BCUT2D eigenvalue weighted by atomic mass is 10.0. The van der Waals surface area contributed by atoms with Crippen molar-refractivity contribution in [2.24, 2.45) is 0 Å². The van der Waals surface area contributed by atoms with Crippen molar-refractivity contribution in [3.8, 4) is 11.3 Å². The van der Waals surface area contributed by atoms with Gasteiger partial charge in [0.25, 0.3) is 13.6 Å². The minimum absolute atomic E-state index is 0.207. The Hall–Kier alpha value is -3.56. The van der Waals surface area contributed by atoms with Crippen LogP contribution in [0.25, 0.3) is 11.3 Å². The molecule has 5 rings (SSSR count). The van der Waals surface area contributed by atoms with Crippen molar-refractivity contribution in [3.05, 3.63) is 89.9 Å². The van der Waals surface area contributed by atoms with Gasteiger partial charge in [0.1, 0.15) is 11.4 Å². The number of phosphoric acid groups is 1. The summed E-state index contributed by atoms with van der Waals surface area (Å²) >= 11 is 0. The van der Waals surface area contributed by atoms with E-state index in [2.05, 4.69) is 44.9 Å². The first-order valence-corrected chi connectivity index (χ1v) is 13.1. The van der Waals surface area contributed by atoms with E-state index in [9.17, 15) is 9.46 Å². The molecule has 0 radical (unpaired) electrons. The van der Waals surface area contributed by atoms with Crippen molar-refractivity contribution in [2.75, 3.05) is 17.2 Å². The highest BCUT2D eigenvalue weighted by atomic mass is 31.2. The molecule has 1 aliphatic rings. The Kier molecular flexibility index (Phi) is 6.84. The second-order valence-corrected chi connectivity index (χ2v) is 9.84. The van der Waals surface area contributed by atoms with Gasteiger partial charge in [0.2, 0.25) is 0 Å². The van der Waals surface area contributed by atoms with Crippen molar-refractivity contribution in [1.82, 2.24) is 10.1 Å². The molecule has 0 aliphatic carbocycles. The van der Waals surface area contributed by atoms with Gasteiger partial charge in [-0.05, 0) is 42.2 Å². The predicted molar refractivity (Wildman–Crippen MR) is 130 cm³/mol. The van der Waals surface area contributed by atoms with Gasteiger partial charge in [0.05, 0.1) is 17.9 Å².